The number of anilines is 1. The van der Waals surface area contributed by atoms with Crippen molar-refractivity contribution in [3.8, 4) is 0 Å². The predicted octanol–water partition coefficient (Wildman–Crippen LogP) is 2.05. The summed E-state index contributed by atoms with van der Waals surface area (Å²) in [5.41, 5.74) is 0.257. The first-order valence-electron chi connectivity index (χ1n) is 5.42. The van der Waals surface area contributed by atoms with Crippen LogP contribution in [0.4, 0.5) is 5.82 Å². The van der Waals surface area contributed by atoms with E-state index in [2.05, 4.69) is 27.6 Å². The van der Waals surface area contributed by atoms with Crippen molar-refractivity contribution in [2.75, 3.05) is 18.0 Å². The number of hydrogen-bond acceptors (Lipinski definition) is 4. The molecule has 1 N–H and O–H groups in total. The summed E-state index contributed by atoms with van der Waals surface area (Å²) in [5.74, 6) is 1.16. The van der Waals surface area contributed by atoms with E-state index in [0.29, 0.717) is 0 Å². The molecular weight excluding hydrogens is 206 g/mol. The summed E-state index contributed by atoms with van der Waals surface area (Å²) in [7, 11) is 0. The van der Waals surface area contributed by atoms with Gasteiger partial charge in [0.1, 0.15) is 5.82 Å². The third-order valence-electron chi connectivity index (χ3n) is 3.39. The Kier molecular flexibility index (Phi) is 2.14. The van der Waals surface area contributed by atoms with Crippen molar-refractivity contribution >= 4 is 17.8 Å². The van der Waals surface area contributed by atoms with E-state index in [9.17, 15) is 0 Å². The maximum atomic E-state index is 4.53. The average molecular weight is 221 g/mol. The number of pyridine rings is 1. The lowest BCUT2D eigenvalue weighted by Crippen LogP contribution is -2.46. The van der Waals surface area contributed by atoms with Gasteiger partial charge in [-0.2, -0.15) is 0 Å². The molecule has 15 heavy (non-hydrogen) atoms. The fourth-order valence-corrected chi connectivity index (χ4v) is 3.44. The highest BCUT2D eigenvalue weighted by molar-refractivity contribution is 7.97. The molecule has 80 valence electrons. The molecular formula is C11H15N3S. The third-order valence-corrected chi connectivity index (χ3v) is 4.22. The second-order valence-electron chi connectivity index (χ2n) is 4.50. The lowest BCUT2D eigenvalue weighted by Gasteiger charge is -2.34. The molecule has 1 aromatic heterocycles. The zero-order valence-electron chi connectivity index (χ0n) is 8.86. The second-order valence-corrected chi connectivity index (χ2v) is 5.43. The molecule has 1 atom stereocenters. The molecule has 0 amide bonds. The standard InChI is InChI=1S/C11H15N3S/c1-11-5-3-7-14(11)10-9(15-13-8-11)4-2-6-12-10/h2,4,6,13H,3,5,7-8H2,1H3. The van der Waals surface area contributed by atoms with E-state index in [-0.39, 0.29) is 5.54 Å². The van der Waals surface area contributed by atoms with Gasteiger partial charge in [0.05, 0.1) is 10.4 Å². The first-order valence-corrected chi connectivity index (χ1v) is 6.24. The summed E-state index contributed by atoms with van der Waals surface area (Å²) >= 11 is 1.71. The molecule has 0 aliphatic carbocycles. The summed E-state index contributed by atoms with van der Waals surface area (Å²) in [6, 6.07) is 4.15. The number of fused-ring (bicyclic) bond motifs is 3. The molecule has 2 aliphatic heterocycles. The number of aromatic nitrogens is 1. The summed E-state index contributed by atoms with van der Waals surface area (Å²) in [5, 5.41) is 0. The minimum absolute atomic E-state index is 0.257. The fourth-order valence-electron chi connectivity index (χ4n) is 2.50. The Bertz CT molecular complexity index is 382. The van der Waals surface area contributed by atoms with Gasteiger partial charge < -0.3 is 4.90 Å². The molecule has 3 nitrogen and oxygen atoms in total. The van der Waals surface area contributed by atoms with Crippen molar-refractivity contribution in [3.63, 3.8) is 0 Å². The lowest BCUT2D eigenvalue weighted by molar-refractivity contribution is 0.466. The van der Waals surface area contributed by atoms with Crippen LogP contribution in [-0.2, 0) is 0 Å². The van der Waals surface area contributed by atoms with Gasteiger partial charge in [0, 0.05) is 19.3 Å². The summed E-state index contributed by atoms with van der Waals surface area (Å²) in [6.07, 6.45) is 4.43. The van der Waals surface area contributed by atoms with Crippen LogP contribution in [0.15, 0.2) is 23.2 Å². The molecule has 0 saturated carbocycles. The Labute approximate surface area is 94.4 Å². The van der Waals surface area contributed by atoms with Gasteiger partial charge in [-0.3, -0.25) is 4.72 Å². The molecule has 0 bridgehead atoms. The van der Waals surface area contributed by atoms with Gasteiger partial charge in [0.2, 0.25) is 0 Å². The van der Waals surface area contributed by atoms with E-state index in [1.807, 2.05) is 12.3 Å². The second kappa shape index (κ2) is 3.39. The number of nitrogens with zero attached hydrogens (tertiary/aromatic N) is 2. The molecule has 1 saturated heterocycles. The van der Waals surface area contributed by atoms with Crippen LogP contribution in [0.5, 0.6) is 0 Å². The maximum absolute atomic E-state index is 4.53. The van der Waals surface area contributed by atoms with Crippen molar-refractivity contribution < 1.29 is 0 Å². The monoisotopic (exact) mass is 221 g/mol. The Balaban J connectivity index is 2.09. The lowest BCUT2D eigenvalue weighted by atomic mass is 9.99. The zero-order chi connectivity index (χ0) is 10.3. The maximum Gasteiger partial charge on any atom is 0.144 e. The molecule has 0 spiro atoms. The van der Waals surface area contributed by atoms with E-state index in [0.717, 1.165) is 18.9 Å². The van der Waals surface area contributed by atoms with Crippen molar-refractivity contribution in [2.45, 2.75) is 30.2 Å². The topological polar surface area (TPSA) is 28.2 Å². The van der Waals surface area contributed by atoms with E-state index in [4.69, 9.17) is 0 Å². The predicted molar refractivity (Wildman–Crippen MR) is 63.1 cm³/mol. The molecule has 0 radical (unpaired) electrons. The van der Waals surface area contributed by atoms with Crippen LogP contribution in [0.3, 0.4) is 0 Å². The largest absolute Gasteiger partial charge is 0.349 e. The van der Waals surface area contributed by atoms with Crippen LogP contribution in [-0.4, -0.2) is 23.6 Å². The van der Waals surface area contributed by atoms with E-state index in [1.54, 1.807) is 11.9 Å². The Morgan fingerprint density at radius 2 is 2.53 bits per heavy atom. The van der Waals surface area contributed by atoms with Crippen molar-refractivity contribution in [2.24, 2.45) is 0 Å². The van der Waals surface area contributed by atoms with Crippen molar-refractivity contribution in [3.05, 3.63) is 18.3 Å². The van der Waals surface area contributed by atoms with Gasteiger partial charge in [-0.25, -0.2) is 4.98 Å². The van der Waals surface area contributed by atoms with Gasteiger partial charge in [-0.05, 0) is 43.8 Å². The molecule has 1 fully saturated rings. The summed E-state index contributed by atoms with van der Waals surface area (Å²) < 4.78 is 3.45. The first-order chi connectivity index (χ1) is 7.30. The molecule has 0 aromatic carbocycles. The van der Waals surface area contributed by atoms with Crippen LogP contribution in [0.25, 0.3) is 0 Å². The average Bonchev–Trinajstić information content (AvgIpc) is 2.55. The molecule has 1 unspecified atom stereocenters. The van der Waals surface area contributed by atoms with Crippen molar-refractivity contribution in [1.82, 2.24) is 9.71 Å². The third kappa shape index (κ3) is 1.43. The zero-order valence-corrected chi connectivity index (χ0v) is 9.68. The van der Waals surface area contributed by atoms with E-state index >= 15 is 0 Å². The van der Waals surface area contributed by atoms with Gasteiger partial charge in [-0.15, -0.1) is 0 Å². The van der Waals surface area contributed by atoms with Gasteiger partial charge in [-0.1, -0.05) is 0 Å². The molecule has 3 heterocycles. The fraction of sp³-hybridized carbons (Fsp3) is 0.545. The number of rotatable bonds is 0. The minimum atomic E-state index is 0.257. The Hall–Kier alpha value is -0.740. The molecule has 1 aromatic rings. The number of hydrogen-bond donors (Lipinski definition) is 1. The SMILES string of the molecule is CC12CCCN1c1ncccc1SNC2. The molecule has 4 heteroatoms. The van der Waals surface area contributed by atoms with Crippen LogP contribution in [0.1, 0.15) is 19.8 Å². The molecule has 2 aliphatic rings. The van der Waals surface area contributed by atoms with E-state index < -0.39 is 0 Å². The smallest absolute Gasteiger partial charge is 0.144 e. The van der Waals surface area contributed by atoms with Crippen LogP contribution >= 0.6 is 11.9 Å². The highest BCUT2D eigenvalue weighted by Gasteiger charge is 2.39. The van der Waals surface area contributed by atoms with E-state index in [1.165, 1.54) is 17.7 Å². The van der Waals surface area contributed by atoms with Gasteiger partial charge >= 0.3 is 0 Å². The van der Waals surface area contributed by atoms with Crippen LogP contribution in [0.2, 0.25) is 0 Å². The normalized spacial score (nSPS) is 29.5. The Morgan fingerprint density at radius 1 is 1.60 bits per heavy atom. The number of nitrogens with one attached hydrogen (secondary N) is 1. The van der Waals surface area contributed by atoms with Gasteiger partial charge in [0.25, 0.3) is 0 Å². The minimum Gasteiger partial charge on any atom is -0.349 e. The van der Waals surface area contributed by atoms with Crippen LogP contribution in [0, 0.1) is 0 Å². The van der Waals surface area contributed by atoms with Crippen molar-refractivity contribution in [1.29, 1.82) is 0 Å². The first kappa shape index (κ1) is 9.48. The summed E-state index contributed by atoms with van der Waals surface area (Å²) in [4.78, 5) is 8.25. The van der Waals surface area contributed by atoms with Crippen LogP contribution < -0.4 is 9.62 Å². The summed E-state index contributed by atoms with van der Waals surface area (Å²) in [6.45, 7) is 4.51. The molecule has 3 rings (SSSR count). The highest BCUT2D eigenvalue weighted by atomic mass is 32.2. The quantitative estimate of drug-likeness (QED) is 0.679. The Morgan fingerprint density at radius 3 is 3.47 bits per heavy atom. The van der Waals surface area contributed by atoms with Gasteiger partial charge in [0.15, 0.2) is 0 Å². The highest BCUT2D eigenvalue weighted by Crippen LogP contribution is 2.39.